The number of carbonyl (C=O) groups excluding carboxylic acids is 1. The molecule has 0 N–H and O–H groups in total. The maximum atomic E-state index is 12.3. The topological polar surface area (TPSA) is 32.8 Å². The van der Waals surface area contributed by atoms with Crippen molar-refractivity contribution in [3.63, 3.8) is 0 Å². The number of ether oxygens (including phenoxy) is 1. The number of nitrogens with zero attached hydrogens (tertiary/aromatic N) is 2. The van der Waals surface area contributed by atoms with Crippen molar-refractivity contribution in [2.45, 2.75) is 31.7 Å². The van der Waals surface area contributed by atoms with Crippen molar-refractivity contribution < 1.29 is 9.53 Å². The Morgan fingerprint density at radius 2 is 2.17 bits per heavy atom. The predicted octanol–water partition coefficient (Wildman–Crippen LogP) is 3.71. The molecule has 1 aromatic rings. The number of likely N-dealkylation sites (tertiary alicyclic amines) is 1. The molecule has 1 unspecified atom stereocenters. The van der Waals surface area contributed by atoms with Crippen LogP contribution in [0.25, 0.3) is 0 Å². The number of hydrogen-bond acceptors (Lipinski definition) is 3. The fourth-order valence-electron chi connectivity index (χ4n) is 2.76. The minimum atomic E-state index is 0.211. The molecule has 1 heterocycles. The van der Waals surface area contributed by atoms with Crippen LogP contribution in [-0.4, -0.2) is 55.5 Å². The number of carbonyl (C=O) groups is 1. The van der Waals surface area contributed by atoms with E-state index in [1.807, 2.05) is 4.90 Å². The van der Waals surface area contributed by atoms with Crippen LogP contribution in [-0.2, 0) is 4.79 Å². The molecule has 1 aromatic carbocycles. The van der Waals surface area contributed by atoms with Gasteiger partial charge in [-0.2, -0.15) is 0 Å². The average Bonchev–Trinajstić information content (AvgIpc) is 2.53. The SMILES string of the molecule is CN(C)C1CCCN(C(=O)CCCOc2ccc(Cl)cc2Cl)C1. The highest BCUT2D eigenvalue weighted by atomic mass is 35.5. The first-order valence-electron chi connectivity index (χ1n) is 7.99. The molecule has 1 fully saturated rings. The maximum Gasteiger partial charge on any atom is 0.222 e. The second-order valence-electron chi connectivity index (χ2n) is 6.13. The number of piperidine rings is 1. The molecule has 0 spiro atoms. The number of amides is 1. The van der Waals surface area contributed by atoms with E-state index in [4.69, 9.17) is 27.9 Å². The molecule has 128 valence electrons. The third kappa shape index (κ3) is 5.55. The lowest BCUT2D eigenvalue weighted by atomic mass is 10.0. The van der Waals surface area contributed by atoms with E-state index in [2.05, 4.69) is 19.0 Å². The number of hydrogen-bond donors (Lipinski definition) is 0. The van der Waals surface area contributed by atoms with Gasteiger partial charge in [-0.25, -0.2) is 0 Å². The maximum absolute atomic E-state index is 12.3. The molecule has 23 heavy (non-hydrogen) atoms. The summed E-state index contributed by atoms with van der Waals surface area (Å²) in [5, 5.41) is 1.08. The standard InChI is InChI=1S/C17H24Cl2N2O2/c1-20(2)14-5-3-9-21(12-14)17(22)6-4-10-23-16-8-7-13(18)11-15(16)19/h7-8,11,14H,3-6,9-10,12H2,1-2H3. The van der Waals surface area contributed by atoms with Gasteiger partial charge < -0.3 is 14.5 Å². The van der Waals surface area contributed by atoms with Gasteiger partial charge in [0.25, 0.3) is 0 Å². The summed E-state index contributed by atoms with van der Waals surface area (Å²) >= 11 is 11.9. The van der Waals surface area contributed by atoms with Crippen LogP contribution in [0.5, 0.6) is 5.75 Å². The Hall–Kier alpha value is -0.970. The third-order valence-corrected chi connectivity index (χ3v) is 4.70. The number of rotatable bonds is 6. The van der Waals surface area contributed by atoms with Crippen LogP contribution < -0.4 is 4.74 Å². The molecule has 2 rings (SSSR count). The van der Waals surface area contributed by atoms with Crippen LogP contribution >= 0.6 is 23.2 Å². The highest BCUT2D eigenvalue weighted by molar-refractivity contribution is 6.35. The van der Waals surface area contributed by atoms with E-state index >= 15 is 0 Å². The zero-order valence-corrected chi connectivity index (χ0v) is 15.2. The third-order valence-electron chi connectivity index (χ3n) is 4.17. The lowest BCUT2D eigenvalue weighted by Gasteiger charge is -2.36. The second-order valence-corrected chi connectivity index (χ2v) is 6.97. The van der Waals surface area contributed by atoms with Crippen molar-refractivity contribution in [1.29, 1.82) is 0 Å². The van der Waals surface area contributed by atoms with Gasteiger partial charge >= 0.3 is 0 Å². The van der Waals surface area contributed by atoms with Gasteiger partial charge in [-0.05, 0) is 51.6 Å². The summed E-state index contributed by atoms with van der Waals surface area (Å²) in [6, 6.07) is 5.61. The van der Waals surface area contributed by atoms with Crippen LogP contribution in [0.15, 0.2) is 18.2 Å². The van der Waals surface area contributed by atoms with Crippen molar-refractivity contribution in [3.8, 4) is 5.75 Å². The summed E-state index contributed by atoms with van der Waals surface area (Å²) in [4.78, 5) is 16.5. The predicted molar refractivity (Wildman–Crippen MR) is 94.5 cm³/mol. The lowest BCUT2D eigenvalue weighted by molar-refractivity contribution is -0.133. The van der Waals surface area contributed by atoms with E-state index in [9.17, 15) is 4.79 Å². The first-order chi connectivity index (χ1) is 11.0. The van der Waals surface area contributed by atoms with Gasteiger partial charge in [0.05, 0.1) is 11.6 Å². The van der Waals surface area contributed by atoms with Crippen LogP contribution in [0, 0.1) is 0 Å². The normalized spacial score (nSPS) is 18.3. The molecule has 1 aliphatic rings. The minimum absolute atomic E-state index is 0.211. The first kappa shape index (κ1) is 18.4. The molecular formula is C17H24Cl2N2O2. The van der Waals surface area contributed by atoms with E-state index in [0.29, 0.717) is 41.3 Å². The van der Waals surface area contributed by atoms with Gasteiger partial charge in [0.1, 0.15) is 5.75 Å². The smallest absolute Gasteiger partial charge is 0.222 e. The molecule has 0 aliphatic carbocycles. The van der Waals surface area contributed by atoms with Gasteiger partial charge in [-0.3, -0.25) is 4.79 Å². The van der Waals surface area contributed by atoms with E-state index in [1.54, 1.807) is 18.2 Å². The van der Waals surface area contributed by atoms with Crippen LogP contribution in [0.3, 0.4) is 0 Å². The summed E-state index contributed by atoms with van der Waals surface area (Å²) in [5.74, 6) is 0.816. The Morgan fingerprint density at radius 3 is 2.87 bits per heavy atom. The second kappa shape index (κ2) is 8.76. The molecule has 0 bridgehead atoms. The zero-order valence-electron chi connectivity index (χ0n) is 13.7. The van der Waals surface area contributed by atoms with Crippen LogP contribution in [0.4, 0.5) is 0 Å². The van der Waals surface area contributed by atoms with Crippen molar-refractivity contribution in [3.05, 3.63) is 28.2 Å². The van der Waals surface area contributed by atoms with Gasteiger partial charge in [0, 0.05) is 30.6 Å². The van der Waals surface area contributed by atoms with E-state index in [0.717, 1.165) is 25.9 Å². The monoisotopic (exact) mass is 358 g/mol. The largest absolute Gasteiger partial charge is 0.492 e. The Kier molecular flexibility index (Phi) is 7.00. The van der Waals surface area contributed by atoms with E-state index in [-0.39, 0.29) is 5.91 Å². The number of halogens is 2. The molecule has 1 amide bonds. The Morgan fingerprint density at radius 1 is 1.39 bits per heavy atom. The molecular weight excluding hydrogens is 335 g/mol. The molecule has 0 saturated carbocycles. The first-order valence-corrected chi connectivity index (χ1v) is 8.75. The van der Waals surface area contributed by atoms with Crippen molar-refractivity contribution in [1.82, 2.24) is 9.80 Å². The summed E-state index contributed by atoms with van der Waals surface area (Å²) in [6.07, 6.45) is 3.42. The average molecular weight is 359 g/mol. The zero-order chi connectivity index (χ0) is 16.8. The van der Waals surface area contributed by atoms with E-state index in [1.165, 1.54) is 0 Å². The summed E-state index contributed by atoms with van der Waals surface area (Å²) in [7, 11) is 4.14. The number of benzene rings is 1. The van der Waals surface area contributed by atoms with Gasteiger partial charge in [0.15, 0.2) is 0 Å². The van der Waals surface area contributed by atoms with Gasteiger partial charge in [-0.15, -0.1) is 0 Å². The molecule has 1 saturated heterocycles. The molecule has 0 aromatic heterocycles. The highest BCUT2D eigenvalue weighted by Gasteiger charge is 2.24. The quantitative estimate of drug-likeness (QED) is 0.726. The number of likely N-dealkylation sites (N-methyl/N-ethyl adjacent to an activating group) is 1. The Balaban J connectivity index is 1.72. The van der Waals surface area contributed by atoms with E-state index < -0.39 is 0 Å². The van der Waals surface area contributed by atoms with Gasteiger partial charge in [0.2, 0.25) is 5.91 Å². The Bertz CT molecular complexity index is 537. The summed E-state index contributed by atoms with van der Waals surface area (Å²) in [6.45, 7) is 2.17. The van der Waals surface area contributed by atoms with Crippen molar-refractivity contribution in [2.75, 3.05) is 33.8 Å². The summed E-state index contributed by atoms with van der Waals surface area (Å²) in [5.41, 5.74) is 0. The van der Waals surface area contributed by atoms with Crippen LogP contribution in [0.2, 0.25) is 10.0 Å². The summed E-state index contributed by atoms with van der Waals surface area (Å²) < 4.78 is 5.62. The Labute approximate surface area is 148 Å². The minimum Gasteiger partial charge on any atom is -0.492 e. The van der Waals surface area contributed by atoms with Crippen LogP contribution in [0.1, 0.15) is 25.7 Å². The fourth-order valence-corrected chi connectivity index (χ4v) is 3.22. The van der Waals surface area contributed by atoms with Gasteiger partial charge in [-0.1, -0.05) is 23.2 Å². The van der Waals surface area contributed by atoms with Crippen molar-refractivity contribution >= 4 is 29.1 Å². The van der Waals surface area contributed by atoms with Crippen molar-refractivity contribution in [2.24, 2.45) is 0 Å². The molecule has 1 atom stereocenters. The molecule has 6 heteroatoms. The molecule has 4 nitrogen and oxygen atoms in total. The lowest BCUT2D eigenvalue weighted by Crippen LogP contribution is -2.47. The fraction of sp³-hybridized carbons (Fsp3) is 0.588. The molecule has 0 radical (unpaired) electrons. The highest BCUT2D eigenvalue weighted by Crippen LogP contribution is 2.27. The molecule has 1 aliphatic heterocycles.